The Hall–Kier alpha value is -5.09. The van der Waals surface area contributed by atoms with Gasteiger partial charge in [-0.25, -0.2) is 0 Å². The van der Waals surface area contributed by atoms with Gasteiger partial charge in [-0.3, -0.25) is 0 Å². The first kappa shape index (κ1) is 26.2. The first-order valence-electron chi connectivity index (χ1n) is 15.7. The van der Waals surface area contributed by atoms with Gasteiger partial charge in [-0.05, 0) is 74.8 Å². The second kappa shape index (κ2) is 9.95. The van der Waals surface area contributed by atoms with E-state index in [1.807, 2.05) is 23.1 Å². The minimum absolute atomic E-state index is 0.379. The van der Waals surface area contributed by atoms with Gasteiger partial charge in [-0.15, -0.1) is 11.3 Å². The molecular weight excluding hydrogens is 595 g/mol. The van der Waals surface area contributed by atoms with Gasteiger partial charge in [-0.1, -0.05) is 139 Å². The molecule has 7 aromatic carbocycles. The van der Waals surface area contributed by atoms with Gasteiger partial charge >= 0.3 is 0 Å². The van der Waals surface area contributed by atoms with E-state index >= 15 is 0 Å². The summed E-state index contributed by atoms with van der Waals surface area (Å²) >= 11 is 3.77. The molecule has 1 spiro atoms. The first-order valence-corrected chi connectivity index (χ1v) is 17.3. The highest BCUT2D eigenvalue weighted by Gasteiger charge is 2.50. The normalized spacial score (nSPS) is 13.7. The van der Waals surface area contributed by atoms with E-state index in [1.54, 1.807) is 0 Å². The molecule has 0 atom stereocenters. The Morgan fingerprint density at radius 1 is 0.435 bits per heavy atom. The van der Waals surface area contributed by atoms with Crippen LogP contribution < -0.4 is 5.32 Å². The molecule has 0 amide bonds. The minimum Gasteiger partial charge on any atom is -0.354 e. The highest BCUT2D eigenvalue weighted by molar-refractivity contribution is 7.99. The Labute approximate surface area is 276 Å². The largest absolute Gasteiger partial charge is 0.354 e. The first-order chi connectivity index (χ1) is 22.8. The van der Waals surface area contributed by atoms with Crippen LogP contribution in [-0.2, 0) is 5.41 Å². The molecule has 0 bridgehead atoms. The van der Waals surface area contributed by atoms with Crippen molar-refractivity contribution in [3.63, 3.8) is 0 Å². The predicted molar refractivity (Wildman–Crippen MR) is 196 cm³/mol. The van der Waals surface area contributed by atoms with Gasteiger partial charge in [-0.2, -0.15) is 0 Å². The van der Waals surface area contributed by atoms with Gasteiger partial charge in [0.2, 0.25) is 0 Å². The molecule has 0 fully saturated rings. The van der Waals surface area contributed by atoms with Gasteiger partial charge in [0.25, 0.3) is 0 Å². The summed E-state index contributed by atoms with van der Waals surface area (Å²) in [5, 5.41) is 6.50. The van der Waals surface area contributed by atoms with Crippen LogP contribution in [0.1, 0.15) is 22.3 Å². The van der Waals surface area contributed by atoms with Crippen LogP contribution in [0, 0.1) is 0 Å². The Morgan fingerprint density at radius 2 is 1.04 bits per heavy atom. The van der Waals surface area contributed by atoms with Crippen molar-refractivity contribution in [2.45, 2.75) is 15.2 Å². The number of anilines is 2. The average Bonchev–Trinajstić information content (AvgIpc) is 3.64. The predicted octanol–water partition coefficient (Wildman–Crippen LogP) is 12.3. The standard InChI is InChI=1S/C43H27NS2/c1-2-12-27(13-3-1)29-16-10-17-32-33-18-11-22-38(42(33)46-41(29)32)44-28-24-25-40-37(26-28)43(36-21-8-9-23-39(36)45-40)34-19-6-4-14-30(34)31-15-5-7-20-35(31)43/h1-26,44H. The van der Waals surface area contributed by atoms with Crippen LogP contribution >= 0.6 is 23.1 Å². The van der Waals surface area contributed by atoms with Crippen LogP contribution in [0.2, 0.25) is 0 Å². The third-order valence-corrected chi connectivity index (χ3v) is 12.2. The summed E-state index contributed by atoms with van der Waals surface area (Å²) in [6.45, 7) is 0. The number of thiophene rings is 1. The lowest BCUT2D eigenvalue weighted by atomic mass is 9.67. The van der Waals surface area contributed by atoms with Crippen LogP contribution in [0.25, 0.3) is 42.4 Å². The van der Waals surface area contributed by atoms with E-state index in [4.69, 9.17) is 0 Å². The third-order valence-electron chi connectivity index (χ3n) is 9.74. The molecule has 2 heterocycles. The van der Waals surface area contributed by atoms with Crippen molar-refractivity contribution >= 4 is 54.6 Å². The maximum Gasteiger partial charge on any atom is 0.0736 e. The van der Waals surface area contributed by atoms with Crippen LogP contribution in [0.4, 0.5) is 11.4 Å². The van der Waals surface area contributed by atoms with E-state index in [0.29, 0.717) is 0 Å². The molecule has 0 unspecified atom stereocenters. The maximum absolute atomic E-state index is 3.90. The molecule has 216 valence electrons. The summed E-state index contributed by atoms with van der Waals surface area (Å²) in [5.41, 5.74) is 12.5. The fraction of sp³-hybridized carbons (Fsp3) is 0.0233. The molecule has 1 aromatic heterocycles. The molecule has 1 N–H and O–H groups in total. The summed E-state index contributed by atoms with van der Waals surface area (Å²) < 4.78 is 2.61. The van der Waals surface area contributed by atoms with Crippen molar-refractivity contribution in [3.05, 3.63) is 180 Å². The van der Waals surface area contributed by atoms with Crippen molar-refractivity contribution in [1.29, 1.82) is 0 Å². The second-order valence-electron chi connectivity index (χ2n) is 12.1. The molecule has 1 nitrogen and oxygen atoms in total. The van der Waals surface area contributed by atoms with E-state index in [9.17, 15) is 0 Å². The molecule has 0 radical (unpaired) electrons. The van der Waals surface area contributed by atoms with Gasteiger partial charge in [0.15, 0.2) is 0 Å². The van der Waals surface area contributed by atoms with Gasteiger partial charge in [0.1, 0.15) is 0 Å². The van der Waals surface area contributed by atoms with Crippen molar-refractivity contribution in [3.8, 4) is 22.3 Å². The molecule has 3 heteroatoms. The SMILES string of the molecule is c1ccc(-c2cccc3c2sc2c(Nc4ccc5c(c4)C4(c6ccccc6S5)c5ccccc5-c5ccccc54)cccc23)cc1. The summed E-state index contributed by atoms with van der Waals surface area (Å²) in [4.78, 5) is 2.63. The highest BCUT2D eigenvalue weighted by Crippen LogP contribution is 2.62. The number of fused-ring (bicyclic) bond motifs is 12. The summed E-state index contributed by atoms with van der Waals surface area (Å²) in [6, 6.07) is 58.1. The number of hydrogen-bond donors (Lipinski definition) is 1. The molecule has 10 rings (SSSR count). The molecule has 1 aliphatic carbocycles. The van der Waals surface area contributed by atoms with Gasteiger partial charge in [0.05, 0.1) is 15.8 Å². The van der Waals surface area contributed by atoms with Gasteiger partial charge in [0, 0.05) is 31.0 Å². The molecule has 2 aliphatic rings. The molecule has 1 aliphatic heterocycles. The smallest absolute Gasteiger partial charge is 0.0736 e. The summed E-state index contributed by atoms with van der Waals surface area (Å²) in [6.07, 6.45) is 0. The number of nitrogens with one attached hydrogen (secondary N) is 1. The average molecular weight is 622 g/mol. The fourth-order valence-corrected chi connectivity index (χ4v) is 10.3. The van der Waals surface area contributed by atoms with Crippen LogP contribution in [0.5, 0.6) is 0 Å². The van der Waals surface area contributed by atoms with Crippen molar-refractivity contribution in [2.75, 3.05) is 5.32 Å². The van der Waals surface area contributed by atoms with Gasteiger partial charge < -0.3 is 5.32 Å². The van der Waals surface area contributed by atoms with E-state index in [1.165, 1.54) is 74.5 Å². The summed E-state index contributed by atoms with van der Waals surface area (Å²) in [5.74, 6) is 0. The molecule has 46 heavy (non-hydrogen) atoms. The van der Waals surface area contributed by atoms with Crippen LogP contribution in [0.15, 0.2) is 168 Å². The van der Waals surface area contributed by atoms with Crippen molar-refractivity contribution in [1.82, 2.24) is 0 Å². The Kier molecular flexibility index (Phi) is 5.66. The van der Waals surface area contributed by atoms with E-state index < -0.39 is 0 Å². The van der Waals surface area contributed by atoms with Crippen LogP contribution in [0.3, 0.4) is 0 Å². The quantitative estimate of drug-likeness (QED) is 0.211. The zero-order chi connectivity index (χ0) is 30.2. The Balaban J connectivity index is 1.17. The Morgan fingerprint density at radius 3 is 1.83 bits per heavy atom. The fourth-order valence-electron chi connectivity index (χ4n) is 7.85. The lowest BCUT2D eigenvalue weighted by Gasteiger charge is -2.40. The third kappa shape index (κ3) is 3.58. The highest BCUT2D eigenvalue weighted by atomic mass is 32.2. The summed E-state index contributed by atoms with van der Waals surface area (Å²) in [7, 11) is 0. The number of benzene rings is 7. The number of hydrogen-bond acceptors (Lipinski definition) is 3. The van der Waals surface area contributed by atoms with E-state index in [0.717, 1.165) is 11.4 Å². The topological polar surface area (TPSA) is 12.0 Å². The minimum atomic E-state index is -0.379. The van der Waals surface area contributed by atoms with Crippen LogP contribution in [-0.4, -0.2) is 0 Å². The number of rotatable bonds is 3. The molecule has 8 aromatic rings. The second-order valence-corrected chi connectivity index (χ2v) is 14.2. The molecule has 0 saturated carbocycles. The van der Waals surface area contributed by atoms with Crippen molar-refractivity contribution in [2.24, 2.45) is 0 Å². The zero-order valence-electron chi connectivity index (χ0n) is 24.8. The molecular formula is C43H27NS2. The lowest BCUT2D eigenvalue weighted by Crippen LogP contribution is -2.32. The monoisotopic (exact) mass is 621 g/mol. The van der Waals surface area contributed by atoms with E-state index in [2.05, 4.69) is 163 Å². The zero-order valence-corrected chi connectivity index (χ0v) is 26.5. The van der Waals surface area contributed by atoms with Crippen molar-refractivity contribution < 1.29 is 0 Å². The lowest BCUT2D eigenvalue weighted by molar-refractivity contribution is 0.723. The Bertz CT molecular complexity index is 2440. The molecule has 0 saturated heterocycles. The van der Waals surface area contributed by atoms with E-state index in [-0.39, 0.29) is 5.41 Å². The maximum atomic E-state index is 3.90.